The van der Waals surface area contributed by atoms with Crippen molar-refractivity contribution in [3.05, 3.63) is 23.8 Å². The number of ether oxygens (including phenoxy) is 1. The van der Waals surface area contributed by atoms with Gasteiger partial charge in [-0.2, -0.15) is 0 Å². The normalized spacial score (nSPS) is 18.8. The standard InChI is InChI=1S/C13H17N3O2.C2H6/c14-16-11-3-1-2-10(9-4-6-15-7-5-9)13(11)18-8-12(16)17;1-2/h1-3,9,15H,4-8,14H2;1-2H3. The lowest BCUT2D eigenvalue weighted by Gasteiger charge is -2.30. The first-order valence-corrected chi connectivity index (χ1v) is 7.31. The van der Waals surface area contributed by atoms with Gasteiger partial charge in [-0.05, 0) is 43.5 Å². The summed E-state index contributed by atoms with van der Waals surface area (Å²) in [5.74, 6) is 6.85. The average molecular weight is 277 g/mol. The number of amides is 1. The molecule has 110 valence electrons. The Morgan fingerprint density at radius 3 is 2.70 bits per heavy atom. The van der Waals surface area contributed by atoms with Crippen LogP contribution >= 0.6 is 0 Å². The van der Waals surface area contributed by atoms with Gasteiger partial charge in [0, 0.05) is 0 Å². The lowest BCUT2D eigenvalue weighted by Crippen LogP contribution is -2.44. The lowest BCUT2D eigenvalue weighted by molar-refractivity contribution is -0.121. The minimum atomic E-state index is -0.204. The number of para-hydroxylation sites is 1. The van der Waals surface area contributed by atoms with Crippen LogP contribution in [0.2, 0.25) is 0 Å². The van der Waals surface area contributed by atoms with E-state index in [0.29, 0.717) is 11.6 Å². The number of nitrogens with zero attached hydrogens (tertiary/aromatic N) is 1. The summed E-state index contributed by atoms with van der Waals surface area (Å²) in [6, 6.07) is 5.85. The second-order valence-corrected chi connectivity index (χ2v) is 4.77. The van der Waals surface area contributed by atoms with Gasteiger partial charge in [0.1, 0.15) is 11.4 Å². The summed E-state index contributed by atoms with van der Waals surface area (Å²) in [5.41, 5.74) is 1.86. The molecule has 0 unspecified atom stereocenters. The van der Waals surface area contributed by atoms with Crippen molar-refractivity contribution in [2.75, 3.05) is 24.7 Å². The van der Waals surface area contributed by atoms with Crippen LogP contribution in [0.15, 0.2) is 18.2 Å². The molecule has 0 radical (unpaired) electrons. The highest BCUT2D eigenvalue weighted by Gasteiger charge is 2.28. The van der Waals surface area contributed by atoms with Gasteiger partial charge in [-0.3, -0.25) is 4.79 Å². The maximum Gasteiger partial charge on any atom is 0.279 e. The molecule has 5 nitrogen and oxygen atoms in total. The summed E-state index contributed by atoms with van der Waals surface area (Å²) in [7, 11) is 0. The Balaban J connectivity index is 0.000000704. The Morgan fingerprint density at radius 2 is 2.00 bits per heavy atom. The average Bonchev–Trinajstić information content (AvgIpc) is 2.53. The molecule has 3 N–H and O–H groups in total. The van der Waals surface area contributed by atoms with Crippen molar-refractivity contribution in [2.24, 2.45) is 5.84 Å². The number of piperidine rings is 1. The monoisotopic (exact) mass is 277 g/mol. The van der Waals surface area contributed by atoms with E-state index in [0.717, 1.165) is 31.7 Å². The summed E-state index contributed by atoms with van der Waals surface area (Å²) in [5, 5.41) is 4.55. The van der Waals surface area contributed by atoms with Crippen LogP contribution in [0.5, 0.6) is 5.75 Å². The van der Waals surface area contributed by atoms with Crippen LogP contribution in [0.25, 0.3) is 0 Å². The van der Waals surface area contributed by atoms with Crippen molar-refractivity contribution in [1.82, 2.24) is 5.32 Å². The molecule has 2 heterocycles. The number of benzene rings is 1. The maximum atomic E-state index is 11.5. The molecule has 5 heteroatoms. The zero-order valence-electron chi connectivity index (χ0n) is 12.2. The third kappa shape index (κ3) is 2.78. The first-order chi connectivity index (χ1) is 9.77. The third-order valence-corrected chi connectivity index (χ3v) is 3.67. The minimum Gasteiger partial charge on any atom is -0.481 e. The highest BCUT2D eigenvalue weighted by molar-refractivity contribution is 5.97. The molecular weight excluding hydrogens is 254 g/mol. The van der Waals surface area contributed by atoms with Crippen molar-refractivity contribution in [3.8, 4) is 5.75 Å². The number of nitrogens with one attached hydrogen (secondary N) is 1. The zero-order valence-corrected chi connectivity index (χ0v) is 12.2. The van der Waals surface area contributed by atoms with Crippen molar-refractivity contribution in [1.29, 1.82) is 0 Å². The van der Waals surface area contributed by atoms with Gasteiger partial charge in [0.05, 0.1) is 0 Å². The van der Waals surface area contributed by atoms with Crippen molar-refractivity contribution in [3.63, 3.8) is 0 Å². The number of fused-ring (bicyclic) bond motifs is 1. The van der Waals surface area contributed by atoms with E-state index in [1.54, 1.807) is 0 Å². The first kappa shape index (κ1) is 14.8. The highest BCUT2D eigenvalue weighted by Crippen LogP contribution is 2.40. The largest absolute Gasteiger partial charge is 0.481 e. The molecule has 0 spiro atoms. The van der Waals surface area contributed by atoms with Crippen LogP contribution in [0.3, 0.4) is 0 Å². The molecule has 2 aliphatic rings. The molecule has 0 bridgehead atoms. The van der Waals surface area contributed by atoms with Gasteiger partial charge < -0.3 is 10.1 Å². The molecule has 20 heavy (non-hydrogen) atoms. The van der Waals surface area contributed by atoms with Crippen molar-refractivity contribution in [2.45, 2.75) is 32.6 Å². The predicted octanol–water partition coefficient (Wildman–Crippen LogP) is 1.78. The third-order valence-electron chi connectivity index (χ3n) is 3.67. The zero-order chi connectivity index (χ0) is 14.5. The molecule has 1 amide bonds. The predicted molar refractivity (Wildman–Crippen MR) is 79.8 cm³/mol. The fourth-order valence-corrected chi connectivity index (χ4v) is 2.68. The minimum absolute atomic E-state index is 0.0332. The van der Waals surface area contributed by atoms with E-state index in [4.69, 9.17) is 10.6 Å². The fourth-order valence-electron chi connectivity index (χ4n) is 2.68. The lowest BCUT2D eigenvalue weighted by atomic mass is 9.89. The number of carbonyl (C=O) groups is 1. The SMILES string of the molecule is CC.NN1C(=O)COc2c(C3CCNCC3)cccc21. The molecule has 1 saturated heterocycles. The van der Waals surface area contributed by atoms with E-state index in [1.807, 2.05) is 26.0 Å². The summed E-state index contributed by atoms with van der Waals surface area (Å²) < 4.78 is 5.60. The second kappa shape index (κ2) is 6.72. The number of nitrogens with two attached hydrogens (primary N) is 1. The van der Waals surface area contributed by atoms with E-state index < -0.39 is 0 Å². The quantitative estimate of drug-likeness (QED) is 0.606. The number of rotatable bonds is 1. The number of hydrogen-bond donors (Lipinski definition) is 2. The molecule has 1 fully saturated rings. The van der Waals surface area contributed by atoms with Crippen molar-refractivity contribution < 1.29 is 9.53 Å². The maximum absolute atomic E-state index is 11.5. The van der Waals surface area contributed by atoms with Crippen LogP contribution in [0.1, 0.15) is 38.2 Å². The van der Waals surface area contributed by atoms with Crippen LogP contribution in [0.4, 0.5) is 5.69 Å². The molecule has 2 aliphatic heterocycles. The van der Waals surface area contributed by atoms with E-state index in [2.05, 4.69) is 11.4 Å². The van der Waals surface area contributed by atoms with Crippen LogP contribution in [0, 0.1) is 0 Å². The summed E-state index contributed by atoms with van der Waals surface area (Å²) in [6.07, 6.45) is 2.19. The summed E-state index contributed by atoms with van der Waals surface area (Å²) in [6.45, 7) is 6.09. The first-order valence-electron chi connectivity index (χ1n) is 7.31. The van der Waals surface area contributed by atoms with E-state index in [-0.39, 0.29) is 12.5 Å². The van der Waals surface area contributed by atoms with E-state index >= 15 is 0 Å². The second-order valence-electron chi connectivity index (χ2n) is 4.77. The van der Waals surface area contributed by atoms with Crippen molar-refractivity contribution >= 4 is 11.6 Å². The van der Waals surface area contributed by atoms with Crippen LogP contribution < -0.4 is 20.9 Å². The molecule has 1 aromatic rings. The summed E-state index contributed by atoms with van der Waals surface area (Å²) >= 11 is 0. The van der Waals surface area contributed by atoms with E-state index in [9.17, 15) is 4.79 Å². The molecule has 3 rings (SSSR count). The number of carbonyl (C=O) groups excluding carboxylic acids is 1. The van der Waals surface area contributed by atoms with Gasteiger partial charge in [0.15, 0.2) is 6.61 Å². The Kier molecular flexibility index (Phi) is 4.98. The smallest absolute Gasteiger partial charge is 0.279 e. The molecule has 0 saturated carbocycles. The molecule has 0 aliphatic carbocycles. The van der Waals surface area contributed by atoms with Gasteiger partial charge in [-0.15, -0.1) is 0 Å². The molecule has 1 aromatic carbocycles. The Labute approximate surface area is 120 Å². The van der Waals surface area contributed by atoms with Gasteiger partial charge in [-0.25, -0.2) is 10.9 Å². The van der Waals surface area contributed by atoms with Crippen LogP contribution in [-0.4, -0.2) is 25.6 Å². The molecular formula is C15H23N3O2. The van der Waals surface area contributed by atoms with E-state index in [1.165, 1.54) is 10.6 Å². The topological polar surface area (TPSA) is 67.6 Å². The molecule has 0 aromatic heterocycles. The fraction of sp³-hybridized carbons (Fsp3) is 0.533. The summed E-state index contributed by atoms with van der Waals surface area (Å²) in [4.78, 5) is 11.5. The van der Waals surface area contributed by atoms with Crippen LogP contribution in [-0.2, 0) is 4.79 Å². The Bertz CT molecular complexity index is 470. The number of hydrogen-bond acceptors (Lipinski definition) is 4. The highest BCUT2D eigenvalue weighted by atomic mass is 16.5. The number of anilines is 1. The van der Waals surface area contributed by atoms with Gasteiger partial charge in [-0.1, -0.05) is 26.0 Å². The Hall–Kier alpha value is -1.59. The van der Waals surface area contributed by atoms with Gasteiger partial charge in [0.25, 0.3) is 5.91 Å². The number of hydrazine groups is 1. The van der Waals surface area contributed by atoms with Gasteiger partial charge in [0.2, 0.25) is 0 Å². The Morgan fingerprint density at radius 1 is 1.30 bits per heavy atom. The molecule has 0 atom stereocenters. The van der Waals surface area contributed by atoms with Gasteiger partial charge >= 0.3 is 0 Å².